The summed E-state index contributed by atoms with van der Waals surface area (Å²) in [6, 6.07) is 10.4. The van der Waals surface area contributed by atoms with Crippen molar-refractivity contribution in [1.82, 2.24) is 5.32 Å². The molecule has 0 aliphatic rings. The molecule has 0 spiro atoms. The van der Waals surface area contributed by atoms with Gasteiger partial charge in [0, 0.05) is 6.54 Å². The molecule has 0 unspecified atom stereocenters. The maximum absolute atomic E-state index is 8.91. The Morgan fingerprint density at radius 3 is 2.75 bits per heavy atom. The van der Waals surface area contributed by atoms with E-state index in [0.29, 0.717) is 6.61 Å². The van der Waals surface area contributed by atoms with E-state index < -0.39 is 0 Å². The lowest BCUT2D eigenvalue weighted by Crippen LogP contribution is -2.22. The van der Waals surface area contributed by atoms with Gasteiger partial charge in [-0.3, -0.25) is 0 Å². The van der Waals surface area contributed by atoms with Crippen LogP contribution in [0.5, 0.6) is 5.75 Å². The number of unbranched alkanes of at least 4 members (excludes halogenated alkanes) is 1. The van der Waals surface area contributed by atoms with Gasteiger partial charge < -0.3 is 10.1 Å². The molecule has 3 heteroatoms. The van der Waals surface area contributed by atoms with Gasteiger partial charge in [0.25, 0.3) is 0 Å². The summed E-state index contributed by atoms with van der Waals surface area (Å²) >= 11 is 0. The molecule has 0 amide bonds. The summed E-state index contributed by atoms with van der Waals surface area (Å²) in [5.41, 5.74) is 1.03. The summed E-state index contributed by atoms with van der Waals surface area (Å²) in [4.78, 5) is 0. The number of ether oxygens (including phenoxy) is 1. The summed E-state index contributed by atoms with van der Waals surface area (Å²) in [6.45, 7) is 8.58. The third kappa shape index (κ3) is 7.16. The molecular weight excluding hydrogens is 248 g/mol. The van der Waals surface area contributed by atoms with Gasteiger partial charge in [-0.1, -0.05) is 18.6 Å². The van der Waals surface area contributed by atoms with Crippen molar-refractivity contribution in [3.63, 3.8) is 0 Å². The minimum atomic E-state index is -0.186. The zero-order valence-electron chi connectivity index (χ0n) is 12.9. The van der Waals surface area contributed by atoms with E-state index in [0.717, 1.165) is 38.1 Å². The summed E-state index contributed by atoms with van der Waals surface area (Å²) < 4.78 is 5.66. The number of hydrogen-bond acceptors (Lipinski definition) is 3. The Hall–Kier alpha value is -1.53. The molecule has 1 rings (SSSR count). The van der Waals surface area contributed by atoms with Gasteiger partial charge in [-0.05, 0) is 57.9 Å². The fraction of sp³-hybridized carbons (Fsp3) is 0.588. The molecule has 0 bridgehead atoms. The van der Waals surface area contributed by atoms with Crippen LogP contribution in [0.25, 0.3) is 0 Å². The molecule has 0 fully saturated rings. The van der Waals surface area contributed by atoms with Crippen molar-refractivity contribution in [3.8, 4) is 11.8 Å². The molecule has 0 aliphatic heterocycles. The van der Waals surface area contributed by atoms with Crippen LogP contribution in [0.1, 0.15) is 38.7 Å². The van der Waals surface area contributed by atoms with Crippen LogP contribution in [0.3, 0.4) is 0 Å². The minimum Gasteiger partial charge on any atom is -0.492 e. The average molecular weight is 274 g/mol. The maximum atomic E-state index is 8.91. The molecule has 0 radical (unpaired) electrons. The standard InChI is InChI=1S/C17H26N2O/c1-15-7-6-8-16(13-15)20-12-11-19-10-5-4-9-17(2,3)14-18/h6-8,13,19H,4-5,9-12H2,1-3H3. The van der Waals surface area contributed by atoms with Crippen LogP contribution in [0.15, 0.2) is 24.3 Å². The lowest BCUT2D eigenvalue weighted by molar-refractivity contribution is 0.312. The predicted molar refractivity (Wildman–Crippen MR) is 82.8 cm³/mol. The second-order valence-corrected chi connectivity index (χ2v) is 5.87. The molecule has 0 atom stereocenters. The molecule has 0 saturated heterocycles. The fourth-order valence-electron chi connectivity index (χ4n) is 1.94. The molecule has 1 N–H and O–H groups in total. The molecular formula is C17H26N2O. The summed E-state index contributed by atoms with van der Waals surface area (Å²) in [7, 11) is 0. The van der Waals surface area contributed by atoms with Crippen LogP contribution >= 0.6 is 0 Å². The third-order valence-corrected chi connectivity index (χ3v) is 3.25. The number of nitrogens with one attached hydrogen (secondary N) is 1. The SMILES string of the molecule is Cc1cccc(OCCNCCCCC(C)(C)C#N)c1. The molecule has 0 heterocycles. The highest BCUT2D eigenvalue weighted by Gasteiger charge is 2.14. The van der Waals surface area contributed by atoms with Gasteiger partial charge in [-0.25, -0.2) is 0 Å². The second kappa shape index (κ2) is 8.60. The number of nitriles is 1. The van der Waals surface area contributed by atoms with Crippen molar-refractivity contribution in [2.75, 3.05) is 19.7 Å². The zero-order chi connectivity index (χ0) is 14.8. The van der Waals surface area contributed by atoms with E-state index in [9.17, 15) is 0 Å². The Balaban J connectivity index is 1.99. The van der Waals surface area contributed by atoms with E-state index in [4.69, 9.17) is 10.00 Å². The van der Waals surface area contributed by atoms with E-state index in [1.165, 1.54) is 5.56 Å². The quantitative estimate of drug-likeness (QED) is 0.699. The number of hydrogen-bond donors (Lipinski definition) is 1. The molecule has 110 valence electrons. The molecule has 3 nitrogen and oxygen atoms in total. The van der Waals surface area contributed by atoms with E-state index in [1.807, 2.05) is 32.0 Å². The Bertz CT molecular complexity index is 435. The highest BCUT2D eigenvalue weighted by Crippen LogP contribution is 2.21. The summed E-state index contributed by atoms with van der Waals surface area (Å²) in [5.74, 6) is 0.933. The van der Waals surface area contributed by atoms with Gasteiger partial charge in [0.2, 0.25) is 0 Å². The van der Waals surface area contributed by atoms with Crippen molar-refractivity contribution >= 4 is 0 Å². The van der Waals surface area contributed by atoms with Crippen molar-refractivity contribution in [1.29, 1.82) is 5.26 Å². The van der Waals surface area contributed by atoms with Crippen molar-refractivity contribution < 1.29 is 4.74 Å². The Kier molecular flexibility index (Phi) is 7.11. The highest BCUT2D eigenvalue weighted by atomic mass is 16.5. The zero-order valence-corrected chi connectivity index (χ0v) is 12.9. The van der Waals surface area contributed by atoms with Crippen LogP contribution in [0, 0.1) is 23.7 Å². The molecule has 0 aromatic heterocycles. The Labute approximate surface area is 123 Å². The lowest BCUT2D eigenvalue weighted by atomic mass is 9.89. The lowest BCUT2D eigenvalue weighted by Gasteiger charge is -2.14. The molecule has 0 saturated carbocycles. The van der Waals surface area contributed by atoms with Gasteiger partial charge in [-0.15, -0.1) is 0 Å². The van der Waals surface area contributed by atoms with Crippen molar-refractivity contribution in [2.24, 2.45) is 5.41 Å². The first-order chi connectivity index (χ1) is 9.53. The van der Waals surface area contributed by atoms with Crippen molar-refractivity contribution in [3.05, 3.63) is 29.8 Å². The van der Waals surface area contributed by atoms with E-state index in [2.05, 4.69) is 24.4 Å². The summed E-state index contributed by atoms with van der Waals surface area (Å²) in [6.07, 6.45) is 3.16. The van der Waals surface area contributed by atoms with Gasteiger partial charge in [-0.2, -0.15) is 5.26 Å². The van der Waals surface area contributed by atoms with E-state index >= 15 is 0 Å². The largest absolute Gasteiger partial charge is 0.492 e. The first-order valence-corrected chi connectivity index (χ1v) is 7.35. The average Bonchev–Trinajstić information content (AvgIpc) is 2.42. The van der Waals surface area contributed by atoms with Gasteiger partial charge >= 0.3 is 0 Å². The first kappa shape index (κ1) is 16.5. The Morgan fingerprint density at radius 2 is 2.05 bits per heavy atom. The van der Waals surface area contributed by atoms with Crippen LogP contribution in [-0.2, 0) is 0 Å². The second-order valence-electron chi connectivity index (χ2n) is 5.87. The molecule has 0 aliphatic carbocycles. The van der Waals surface area contributed by atoms with Crippen molar-refractivity contribution in [2.45, 2.75) is 40.0 Å². The summed E-state index contributed by atoms with van der Waals surface area (Å²) in [5, 5.41) is 12.3. The monoisotopic (exact) mass is 274 g/mol. The van der Waals surface area contributed by atoms with E-state index in [-0.39, 0.29) is 5.41 Å². The molecule has 1 aromatic rings. The van der Waals surface area contributed by atoms with Crippen LogP contribution < -0.4 is 10.1 Å². The topological polar surface area (TPSA) is 45.0 Å². The van der Waals surface area contributed by atoms with Crippen LogP contribution in [-0.4, -0.2) is 19.7 Å². The van der Waals surface area contributed by atoms with Gasteiger partial charge in [0.1, 0.15) is 12.4 Å². The Morgan fingerprint density at radius 1 is 1.25 bits per heavy atom. The predicted octanol–water partition coefficient (Wildman–Crippen LogP) is 3.68. The smallest absolute Gasteiger partial charge is 0.119 e. The van der Waals surface area contributed by atoms with Gasteiger partial charge in [0.05, 0.1) is 11.5 Å². The normalized spacial score (nSPS) is 11.1. The number of nitrogens with zero attached hydrogens (tertiary/aromatic N) is 1. The maximum Gasteiger partial charge on any atom is 0.119 e. The van der Waals surface area contributed by atoms with Crippen LogP contribution in [0.2, 0.25) is 0 Å². The number of benzene rings is 1. The number of aryl methyl sites for hydroxylation is 1. The number of rotatable bonds is 9. The minimum absolute atomic E-state index is 0.186. The molecule has 1 aromatic carbocycles. The highest BCUT2D eigenvalue weighted by molar-refractivity contribution is 5.27. The third-order valence-electron chi connectivity index (χ3n) is 3.25. The molecule has 20 heavy (non-hydrogen) atoms. The fourth-order valence-corrected chi connectivity index (χ4v) is 1.94. The van der Waals surface area contributed by atoms with Crippen LogP contribution in [0.4, 0.5) is 0 Å². The van der Waals surface area contributed by atoms with E-state index in [1.54, 1.807) is 0 Å². The first-order valence-electron chi connectivity index (χ1n) is 7.35. The van der Waals surface area contributed by atoms with Gasteiger partial charge in [0.15, 0.2) is 0 Å².